The fraction of sp³-hybridized carbons (Fsp3) is 0.167. The van der Waals surface area contributed by atoms with E-state index in [4.69, 9.17) is 17.1 Å². The van der Waals surface area contributed by atoms with Gasteiger partial charge >= 0.3 is 0 Å². The average molecular weight is 517 g/mol. The van der Waals surface area contributed by atoms with Crippen molar-refractivity contribution in [2.45, 2.75) is 27.2 Å². The molecule has 4 aromatic heterocycles. The van der Waals surface area contributed by atoms with Gasteiger partial charge in [0.25, 0.3) is 0 Å². The van der Waals surface area contributed by atoms with Gasteiger partial charge in [-0.05, 0) is 35.2 Å². The largest absolute Gasteiger partial charge is 0.404 e. The minimum absolute atomic E-state index is 0.0517. The third-order valence-electron chi connectivity index (χ3n) is 6.08. The molecule has 0 unspecified atom stereocenters. The number of hydrogen-bond acceptors (Lipinski definition) is 6. The summed E-state index contributed by atoms with van der Waals surface area (Å²) < 4.78 is 0. The lowest BCUT2D eigenvalue weighted by Crippen LogP contribution is -2.19. The van der Waals surface area contributed by atoms with Gasteiger partial charge in [-0.1, -0.05) is 38.8 Å². The summed E-state index contributed by atoms with van der Waals surface area (Å²) in [5.74, 6) is 3.12. The van der Waals surface area contributed by atoms with Crippen LogP contribution in [0.3, 0.4) is 0 Å². The van der Waals surface area contributed by atoms with Gasteiger partial charge in [0.1, 0.15) is 17.1 Å². The van der Waals surface area contributed by atoms with Crippen LogP contribution in [0.4, 0.5) is 5.69 Å². The molecule has 5 rings (SSSR count). The molecule has 0 spiro atoms. The Morgan fingerprint density at radius 3 is 2.69 bits per heavy atom. The molecular formula is C30H28N8O. The van der Waals surface area contributed by atoms with Crippen molar-refractivity contribution in [1.82, 2.24) is 30.1 Å². The molecule has 39 heavy (non-hydrogen) atoms. The van der Waals surface area contributed by atoms with Crippen molar-refractivity contribution < 1.29 is 4.79 Å². The monoisotopic (exact) mass is 516 g/mol. The normalized spacial score (nSPS) is 11.9. The van der Waals surface area contributed by atoms with Crippen molar-refractivity contribution in [1.29, 1.82) is 0 Å². The maximum Gasteiger partial charge on any atom is 0.224 e. The number of H-pyrrole nitrogens is 2. The van der Waals surface area contributed by atoms with Crippen LogP contribution in [0.15, 0.2) is 67.4 Å². The predicted molar refractivity (Wildman–Crippen MR) is 153 cm³/mol. The van der Waals surface area contributed by atoms with Gasteiger partial charge in [0, 0.05) is 53.3 Å². The summed E-state index contributed by atoms with van der Waals surface area (Å²) in [7, 11) is 0. The molecule has 0 atom stereocenters. The number of nitrogens with one attached hydrogen (secondary N) is 3. The van der Waals surface area contributed by atoms with Crippen LogP contribution in [-0.2, 0) is 4.79 Å². The van der Waals surface area contributed by atoms with Crippen LogP contribution in [0.25, 0.3) is 39.1 Å². The number of nitrogens with two attached hydrogens (primary N) is 1. The number of rotatable bonds is 6. The predicted octanol–water partition coefficient (Wildman–Crippen LogP) is 5.11. The molecule has 0 saturated carbocycles. The van der Waals surface area contributed by atoms with Crippen LogP contribution in [0.5, 0.6) is 0 Å². The van der Waals surface area contributed by atoms with Crippen molar-refractivity contribution in [2.75, 3.05) is 5.32 Å². The highest BCUT2D eigenvalue weighted by atomic mass is 16.1. The van der Waals surface area contributed by atoms with E-state index in [0.29, 0.717) is 40.6 Å². The molecule has 0 aliphatic rings. The molecule has 0 bridgehead atoms. The second-order valence-electron chi connectivity index (χ2n) is 10.4. The first kappa shape index (κ1) is 25.4. The fourth-order valence-electron chi connectivity index (χ4n) is 4.35. The van der Waals surface area contributed by atoms with Crippen LogP contribution >= 0.6 is 0 Å². The Kier molecular flexibility index (Phi) is 6.69. The molecule has 1 amide bonds. The lowest BCUT2D eigenvalue weighted by Gasteiger charge is -2.17. The summed E-state index contributed by atoms with van der Waals surface area (Å²) in [5.41, 5.74) is 12.2. The number of benzene rings is 1. The first-order valence-corrected chi connectivity index (χ1v) is 12.4. The average Bonchev–Trinajstić information content (AvgIpc) is 3.52. The number of pyridine rings is 2. The van der Waals surface area contributed by atoms with Gasteiger partial charge in [-0.15, -0.1) is 6.42 Å². The number of fused-ring (bicyclic) bond motifs is 1. The minimum atomic E-state index is -0.110. The van der Waals surface area contributed by atoms with E-state index < -0.39 is 0 Å². The first-order valence-electron chi connectivity index (χ1n) is 12.4. The molecule has 5 aromatic rings. The second kappa shape index (κ2) is 10.3. The van der Waals surface area contributed by atoms with E-state index >= 15 is 0 Å². The molecule has 0 aliphatic carbocycles. The topological polar surface area (TPSA) is 138 Å². The van der Waals surface area contributed by atoms with Crippen molar-refractivity contribution in [3.8, 4) is 35.0 Å². The number of carbonyl (C=O) groups is 1. The zero-order chi connectivity index (χ0) is 27.6. The lowest BCUT2D eigenvalue weighted by atomic mass is 9.92. The number of imidazole rings is 1. The Morgan fingerprint density at radius 2 is 1.97 bits per heavy atom. The molecule has 0 fully saturated rings. The molecule has 9 nitrogen and oxygen atoms in total. The first-order chi connectivity index (χ1) is 18.8. The van der Waals surface area contributed by atoms with Crippen molar-refractivity contribution in [3.05, 3.63) is 84.3 Å². The highest BCUT2D eigenvalue weighted by molar-refractivity contribution is 5.96. The van der Waals surface area contributed by atoms with Crippen LogP contribution in [0.2, 0.25) is 0 Å². The molecule has 5 N–H and O–H groups in total. The summed E-state index contributed by atoms with van der Waals surface area (Å²) in [5, 5.41) is 11.4. The number of carbonyl (C=O) groups excluding carboxylic acids is 1. The quantitative estimate of drug-likeness (QED) is 0.231. The van der Waals surface area contributed by atoms with Crippen molar-refractivity contribution in [3.63, 3.8) is 0 Å². The number of hydrogen-bond donors (Lipinski definition) is 4. The van der Waals surface area contributed by atoms with Gasteiger partial charge in [0.15, 0.2) is 5.82 Å². The molecule has 1 aromatic carbocycles. The van der Waals surface area contributed by atoms with Gasteiger partial charge < -0.3 is 16.0 Å². The number of aromatic nitrogens is 6. The Labute approximate surface area is 226 Å². The highest BCUT2D eigenvalue weighted by Crippen LogP contribution is 2.32. The second-order valence-corrected chi connectivity index (χ2v) is 10.4. The zero-order valence-corrected chi connectivity index (χ0v) is 21.9. The fourth-order valence-corrected chi connectivity index (χ4v) is 4.35. The lowest BCUT2D eigenvalue weighted by molar-refractivity contribution is -0.117. The van der Waals surface area contributed by atoms with E-state index in [2.05, 4.69) is 36.4 Å². The molecule has 0 aliphatic heterocycles. The summed E-state index contributed by atoms with van der Waals surface area (Å²) in [4.78, 5) is 29.0. The maximum absolute atomic E-state index is 12.4. The van der Waals surface area contributed by atoms with Gasteiger partial charge in [-0.25, -0.2) is 4.98 Å². The van der Waals surface area contributed by atoms with Crippen LogP contribution in [-0.4, -0.2) is 36.0 Å². The maximum atomic E-state index is 12.4. The van der Waals surface area contributed by atoms with Gasteiger partial charge in [-0.3, -0.25) is 19.9 Å². The van der Waals surface area contributed by atoms with Crippen molar-refractivity contribution in [2.24, 2.45) is 11.1 Å². The Balaban J connectivity index is 1.50. The SMILES string of the molecule is C#Cc1[nH]c(-c2n[nH]c3ccc(-c4cncc(NC(=O)CC(C)(C)C)c4)cc23)nc1/C(=C\N)c1cccnc1. The van der Waals surface area contributed by atoms with E-state index in [0.717, 1.165) is 27.6 Å². The molecule has 194 valence electrons. The highest BCUT2D eigenvalue weighted by Gasteiger charge is 2.20. The molecule has 4 heterocycles. The zero-order valence-electron chi connectivity index (χ0n) is 21.9. The van der Waals surface area contributed by atoms with E-state index in [-0.39, 0.29) is 11.3 Å². The summed E-state index contributed by atoms with van der Waals surface area (Å²) in [6.45, 7) is 6.08. The third-order valence-corrected chi connectivity index (χ3v) is 6.08. The molecule has 9 heteroatoms. The molecule has 0 saturated heterocycles. The molecule has 0 radical (unpaired) electrons. The Morgan fingerprint density at radius 1 is 1.13 bits per heavy atom. The molecular weight excluding hydrogens is 488 g/mol. The standard InChI is InChI=1S/C30H28N8O/c1-5-24-27(23(14-31)19-7-6-10-32-15-19)36-29(35-24)28-22-12-18(8-9-25(22)37-38-28)20-11-21(17-33-16-20)34-26(39)13-30(2,3)4/h1,6-12,14-17H,13,31H2,2-4H3,(H,34,39)(H,35,36)(H,37,38)/b23-14-. The summed E-state index contributed by atoms with van der Waals surface area (Å²) in [6.07, 6.45) is 14.5. The van der Waals surface area contributed by atoms with Crippen molar-refractivity contribution >= 4 is 28.1 Å². The Hall–Kier alpha value is -5.23. The smallest absolute Gasteiger partial charge is 0.224 e. The number of anilines is 1. The number of nitrogens with zero attached hydrogens (tertiary/aromatic N) is 4. The van der Waals surface area contributed by atoms with Gasteiger partial charge in [0.2, 0.25) is 5.91 Å². The number of amides is 1. The van der Waals surface area contributed by atoms with Crippen LogP contribution in [0, 0.1) is 17.8 Å². The number of terminal acetylenes is 1. The number of aromatic amines is 2. The summed E-state index contributed by atoms with van der Waals surface area (Å²) in [6, 6.07) is 11.5. The van der Waals surface area contributed by atoms with E-state index in [9.17, 15) is 4.79 Å². The summed E-state index contributed by atoms with van der Waals surface area (Å²) >= 11 is 0. The Bertz CT molecular complexity index is 1730. The van der Waals surface area contributed by atoms with Gasteiger partial charge in [0.05, 0.1) is 17.4 Å². The van der Waals surface area contributed by atoms with E-state index in [1.54, 1.807) is 24.8 Å². The van der Waals surface area contributed by atoms with Crippen LogP contribution < -0.4 is 11.1 Å². The minimum Gasteiger partial charge on any atom is -0.404 e. The van der Waals surface area contributed by atoms with Gasteiger partial charge in [-0.2, -0.15) is 5.10 Å². The van der Waals surface area contributed by atoms with Crippen LogP contribution in [0.1, 0.15) is 44.1 Å². The van der Waals surface area contributed by atoms with E-state index in [1.165, 1.54) is 6.20 Å². The third kappa shape index (κ3) is 5.40. The van der Waals surface area contributed by atoms with E-state index in [1.807, 2.05) is 57.2 Å².